The predicted molar refractivity (Wildman–Crippen MR) is 80.0 cm³/mol. The Bertz CT molecular complexity index is 504. The Kier molecular flexibility index (Phi) is 5.50. The highest BCUT2D eigenvalue weighted by Gasteiger charge is 2.22. The molecule has 1 fully saturated rings. The van der Waals surface area contributed by atoms with Crippen molar-refractivity contribution >= 4 is 5.96 Å². The van der Waals surface area contributed by atoms with Crippen molar-refractivity contribution in [2.45, 2.75) is 32.4 Å². The zero-order valence-electron chi connectivity index (χ0n) is 12.3. The van der Waals surface area contributed by atoms with Crippen LogP contribution in [0, 0.1) is 11.6 Å². The van der Waals surface area contributed by atoms with Gasteiger partial charge in [-0.25, -0.2) is 13.8 Å². The van der Waals surface area contributed by atoms with Gasteiger partial charge in [-0.1, -0.05) is 6.92 Å². The van der Waals surface area contributed by atoms with Gasteiger partial charge < -0.3 is 11.1 Å². The van der Waals surface area contributed by atoms with Crippen LogP contribution in [0.25, 0.3) is 0 Å². The third-order valence-electron chi connectivity index (χ3n) is 3.85. The fraction of sp³-hybridized carbons (Fsp3) is 0.533. The average molecular weight is 296 g/mol. The van der Waals surface area contributed by atoms with Gasteiger partial charge in [0.2, 0.25) is 0 Å². The molecule has 1 aromatic carbocycles. The maximum Gasteiger partial charge on any atom is 0.188 e. The first-order valence-corrected chi connectivity index (χ1v) is 7.32. The average Bonchev–Trinajstić information content (AvgIpc) is 2.93. The summed E-state index contributed by atoms with van der Waals surface area (Å²) in [7, 11) is 0. The molecule has 1 aliphatic heterocycles. The summed E-state index contributed by atoms with van der Waals surface area (Å²) in [5.74, 6) is -0.680. The minimum atomic E-state index is -0.474. The lowest BCUT2D eigenvalue weighted by Gasteiger charge is -2.23. The van der Waals surface area contributed by atoms with Crippen LogP contribution in [0.3, 0.4) is 0 Å². The van der Waals surface area contributed by atoms with Gasteiger partial charge in [0.05, 0.1) is 6.54 Å². The van der Waals surface area contributed by atoms with Crippen LogP contribution in [0.2, 0.25) is 0 Å². The molecule has 0 aromatic heterocycles. The van der Waals surface area contributed by atoms with Crippen molar-refractivity contribution in [2.75, 3.05) is 19.6 Å². The third-order valence-corrected chi connectivity index (χ3v) is 3.85. The molecule has 6 heteroatoms. The van der Waals surface area contributed by atoms with E-state index in [2.05, 4.69) is 22.1 Å². The van der Waals surface area contributed by atoms with Crippen LogP contribution in [-0.2, 0) is 6.54 Å². The molecule has 21 heavy (non-hydrogen) atoms. The van der Waals surface area contributed by atoms with E-state index < -0.39 is 11.6 Å². The molecule has 1 atom stereocenters. The monoisotopic (exact) mass is 296 g/mol. The molecule has 0 aliphatic carbocycles. The second kappa shape index (κ2) is 7.36. The van der Waals surface area contributed by atoms with Crippen LogP contribution in [0.1, 0.15) is 25.3 Å². The van der Waals surface area contributed by atoms with Gasteiger partial charge in [-0.15, -0.1) is 0 Å². The molecule has 116 valence electrons. The third kappa shape index (κ3) is 4.39. The maximum absolute atomic E-state index is 13.4. The number of benzene rings is 1. The molecular formula is C15H22F2N4. The molecule has 1 unspecified atom stereocenters. The van der Waals surface area contributed by atoms with E-state index in [-0.39, 0.29) is 18.1 Å². The van der Waals surface area contributed by atoms with Crippen LogP contribution in [0.4, 0.5) is 8.78 Å². The van der Waals surface area contributed by atoms with Gasteiger partial charge in [-0.05, 0) is 44.1 Å². The minimum absolute atomic E-state index is 0.0323. The number of likely N-dealkylation sites (N-methyl/N-ethyl adjacent to an activating group) is 1. The zero-order valence-corrected chi connectivity index (χ0v) is 12.3. The number of hydrogen-bond acceptors (Lipinski definition) is 2. The summed E-state index contributed by atoms with van der Waals surface area (Å²) in [4.78, 5) is 6.46. The Hall–Kier alpha value is -1.69. The molecule has 4 nitrogen and oxygen atoms in total. The van der Waals surface area contributed by atoms with E-state index in [1.165, 1.54) is 6.42 Å². The van der Waals surface area contributed by atoms with Crippen LogP contribution < -0.4 is 11.1 Å². The topological polar surface area (TPSA) is 53.6 Å². The number of halogens is 2. The van der Waals surface area contributed by atoms with Gasteiger partial charge in [0, 0.05) is 18.2 Å². The van der Waals surface area contributed by atoms with Crippen molar-refractivity contribution in [1.82, 2.24) is 10.2 Å². The Balaban J connectivity index is 1.85. The van der Waals surface area contributed by atoms with Crippen LogP contribution in [0.15, 0.2) is 23.2 Å². The maximum atomic E-state index is 13.4. The van der Waals surface area contributed by atoms with Gasteiger partial charge in [0.15, 0.2) is 5.96 Å². The molecule has 1 aromatic rings. The van der Waals surface area contributed by atoms with Crippen molar-refractivity contribution in [2.24, 2.45) is 10.7 Å². The predicted octanol–water partition coefficient (Wildman–Crippen LogP) is 1.85. The number of rotatable bonds is 5. The number of nitrogens with two attached hydrogens (primary N) is 1. The largest absolute Gasteiger partial charge is 0.370 e. The number of likely N-dealkylation sites (tertiary alicyclic amines) is 1. The van der Waals surface area contributed by atoms with Gasteiger partial charge in [0.1, 0.15) is 11.6 Å². The summed E-state index contributed by atoms with van der Waals surface area (Å²) in [6.07, 6.45) is 2.35. The van der Waals surface area contributed by atoms with E-state index in [0.29, 0.717) is 6.04 Å². The van der Waals surface area contributed by atoms with Gasteiger partial charge >= 0.3 is 0 Å². The fourth-order valence-corrected chi connectivity index (χ4v) is 2.66. The quantitative estimate of drug-likeness (QED) is 0.644. The molecule has 1 saturated heterocycles. The summed E-state index contributed by atoms with van der Waals surface area (Å²) in [6, 6.07) is 3.79. The molecule has 3 N–H and O–H groups in total. The van der Waals surface area contributed by atoms with Crippen LogP contribution in [-0.4, -0.2) is 36.5 Å². The van der Waals surface area contributed by atoms with Gasteiger partial charge in [0.25, 0.3) is 0 Å². The van der Waals surface area contributed by atoms with Gasteiger partial charge in [-0.3, -0.25) is 4.90 Å². The highest BCUT2D eigenvalue weighted by molar-refractivity contribution is 5.77. The number of nitrogens with zero attached hydrogens (tertiary/aromatic N) is 2. The Morgan fingerprint density at radius 1 is 1.48 bits per heavy atom. The van der Waals surface area contributed by atoms with Crippen molar-refractivity contribution in [3.63, 3.8) is 0 Å². The minimum Gasteiger partial charge on any atom is -0.370 e. The van der Waals surface area contributed by atoms with Gasteiger partial charge in [-0.2, -0.15) is 0 Å². The lowest BCUT2D eigenvalue weighted by molar-refractivity contribution is 0.267. The molecule has 0 bridgehead atoms. The zero-order chi connectivity index (χ0) is 15.2. The van der Waals surface area contributed by atoms with Crippen molar-refractivity contribution in [1.29, 1.82) is 0 Å². The summed E-state index contributed by atoms with van der Waals surface area (Å²) in [5, 5.41) is 3.06. The Morgan fingerprint density at radius 3 is 3.05 bits per heavy atom. The first-order valence-electron chi connectivity index (χ1n) is 7.32. The molecule has 1 heterocycles. The number of nitrogens with one attached hydrogen (secondary N) is 1. The molecule has 0 amide bonds. The van der Waals surface area contributed by atoms with E-state index in [0.717, 1.165) is 44.3 Å². The Labute approximate surface area is 124 Å². The molecule has 0 radical (unpaired) electrons. The summed E-state index contributed by atoms with van der Waals surface area (Å²) < 4.78 is 26.5. The molecule has 1 aliphatic rings. The summed E-state index contributed by atoms with van der Waals surface area (Å²) in [6.45, 7) is 5.05. The normalized spacial score (nSPS) is 20.0. The van der Waals surface area contributed by atoms with Crippen molar-refractivity contribution < 1.29 is 8.78 Å². The first kappa shape index (κ1) is 15.7. The molecule has 0 saturated carbocycles. The van der Waals surface area contributed by atoms with E-state index in [4.69, 9.17) is 5.73 Å². The van der Waals surface area contributed by atoms with Crippen LogP contribution in [0.5, 0.6) is 0 Å². The smallest absolute Gasteiger partial charge is 0.188 e. The summed E-state index contributed by atoms with van der Waals surface area (Å²) in [5.41, 5.74) is 5.98. The molecular weight excluding hydrogens is 274 g/mol. The number of guanidine groups is 1. The second-order valence-corrected chi connectivity index (χ2v) is 5.24. The lowest BCUT2D eigenvalue weighted by atomic mass is 10.2. The lowest BCUT2D eigenvalue weighted by Crippen LogP contribution is -2.42. The first-order chi connectivity index (χ1) is 10.1. The molecule has 2 rings (SSSR count). The van der Waals surface area contributed by atoms with E-state index >= 15 is 0 Å². The SMILES string of the molecule is CCN1CCCC1CNC(N)=NCc1cc(F)ccc1F. The van der Waals surface area contributed by atoms with E-state index in [1.54, 1.807) is 0 Å². The highest BCUT2D eigenvalue weighted by atomic mass is 19.1. The standard InChI is InChI=1S/C15H22F2N4/c1-2-21-7-3-4-13(21)10-20-15(18)19-9-11-8-12(16)5-6-14(11)17/h5-6,8,13H,2-4,7,9-10H2,1H3,(H3,18,19,20). The Morgan fingerprint density at radius 2 is 2.29 bits per heavy atom. The summed E-state index contributed by atoms with van der Waals surface area (Å²) >= 11 is 0. The van der Waals surface area contributed by atoms with E-state index in [1.807, 2.05) is 0 Å². The molecule has 0 spiro atoms. The number of aliphatic imine (C=N–C) groups is 1. The van der Waals surface area contributed by atoms with E-state index in [9.17, 15) is 8.78 Å². The van der Waals surface area contributed by atoms with Crippen LogP contribution >= 0.6 is 0 Å². The number of hydrogen-bond donors (Lipinski definition) is 2. The fourth-order valence-electron chi connectivity index (χ4n) is 2.66. The van der Waals surface area contributed by atoms with Crippen molar-refractivity contribution in [3.8, 4) is 0 Å². The second-order valence-electron chi connectivity index (χ2n) is 5.24. The van der Waals surface area contributed by atoms with Crippen molar-refractivity contribution in [3.05, 3.63) is 35.4 Å². The highest BCUT2D eigenvalue weighted by Crippen LogP contribution is 2.15.